The zero-order valence-electron chi connectivity index (χ0n) is 12.0. The number of nitrogens with one attached hydrogen (secondary N) is 1. The standard InChI is InChI=1S/C15H25N3O2/c1-2-12(8-9-19)10-17-11-14(15(16)18-20)13-6-4-3-5-7-13/h3-7,12,14,17,19-20H,2,8-11H2,1H3,(H2,16,18). The molecule has 0 aromatic heterocycles. The normalized spacial score (nSPS) is 15.0. The van der Waals surface area contributed by atoms with Gasteiger partial charge < -0.3 is 21.4 Å². The van der Waals surface area contributed by atoms with Crippen LogP contribution >= 0.6 is 0 Å². The van der Waals surface area contributed by atoms with Crippen molar-refractivity contribution in [3.63, 3.8) is 0 Å². The molecule has 0 saturated heterocycles. The van der Waals surface area contributed by atoms with Gasteiger partial charge in [0, 0.05) is 13.2 Å². The lowest BCUT2D eigenvalue weighted by Crippen LogP contribution is -2.34. The van der Waals surface area contributed by atoms with E-state index in [-0.39, 0.29) is 18.4 Å². The van der Waals surface area contributed by atoms with Crippen LogP contribution in [0.3, 0.4) is 0 Å². The van der Waals surface area contributed by atoms with Crippen LogP contribution in [0.4, 0.5) is 0 Å². The van der Waals surface area contributed by atoms with Crippen LogP contribution in [-0.2, 0) is 0 Å². The Labute approximate surface area is 120 Å². The first-order valence-corrected chi connectivity index (χ1v) is 7.06. The van der Waals surface area contributed by atoms with E-state index in [1.54, 1.807) is 0 Å². The Balaban J connectivity index is 2.59. The average Bonchev–Trinajstić information content (AvgIpc) is 2.50. The van der Waals surface area contributed by atoms with Gasteiger partial charge in [0.05, 0.1) is 5.92 Å². The summed E-state index contributed by atoms with van der Waals surface area (Å²) in [6, 6.07) is 9.75. The number of rotatable bonds is 9. The zero-order chi connectivity index (χ0) is 14.8. The van der Waals surface area contributed by atoms with Gasteiger partial charge in [0.1, 0.15) is 5.84 Å². The second-order valence-electron chi connectivity index (χ2n) is 4.93. The van der Waals surface area contributed by atoms with Gasteiger partial charge in [0.2, 0.25) is 0 Å². The molecule has 0 saturated carbocycles. The Morgan fingerprint density at radius 3 is 2.55 bits per heavy atom. The van der Waals surface area contributed by atoms with Crippen molar-refractivity contribution in [2.45, 2.75) is 25.7 Å². The summed E-state index contributed by atoms with van der Waals surface area (Å²) in [4.78, 5) is 0. The van der Waals surface area contributed by atoms with Crippen molar-refractivity contribution in [3.8, 4) is 0 Å². The van der Waals surface area contributed by atoms with Crippen molar-refractivity contribution >= 4 is 5.84 Å². The number of hydrogen-bond donors (Lipinski definition) is 4. The quantitative estimate of drug-likeness (QED) is 0.239. The van der Waals surface area contributed by atoms with E-state index in [2.05, 4.69) is 17.4 Å². The third kappa shape index (κ3) is 5.19. The molecule has 0 amide bonds. The van der Waals surface area contributed by atoms with E-state index in [4.69, 9.17) is 16.0 Å². The van der Waals surface area contributed by atoms with Crippen LogP contribution in [0.15, 0.2) is 35.5 Å². The van der Waals surface area contributed by atoms with Gasteiger partial charge in [-0.05, 0) is 24.4 Å². The van der Waals surface area contributed by atoms with Crippen molar-refractivity contribution in [1.29, 1.82) is 0 Å². The highest BCUT2D eigenvalue weighted by Crippen LogP contribution is 2.15. The summed E-state index contributed by atoms with van der Waals surface area (Å²) in [5.74, 6) is 0.510. The Bertz CT molecular complexity index is 395. The topological polar surface area (TPSA) is 90.9 Å². The van der Waals surface area contributed by atoms with Gasteiger partial charge in [-0.2, -0.15) is 0 Å². The Kier molecular flexibility index (Phi) is 7.69. The summed E-state index contributed by atoms with van der Waals surface area (Å²) in [5, 5.41) is 24.4. The van der Waals surface area contributed by atoms with E-state index in [1.807, 2.05) is 30.3 Å². The minimum absolute atomic E-state index is 0.146. The van der Waals surface area contributed by atoms with Crippen LogP contribution in [-0.4, -0.2) is 35.8 Å². The number of oxime groups is 1. The van der Waals surface area contributed by atoms with Crippen molar-refractivity contribution in [3.05, 3.63) is 35.9 Å². The Hall–Kier alpha value is -1.59. The largest absolute Gasteiger partial charge is 0.409 e. The SMILES string of the molecule is CCC(CCO)CNCC(/C(N)=N/O)c1ccccc1. The number of hydrogen-bond acceptors (Lipinski definition) is 4. The lowest BCUT2D eigenvalue weighted by molar-refractivity contribution is 0.251. The molecule has 1 rings (SSSR count). The van der Waals surface area contributed by atoms with Crippen LogP contribution in [0.2, 0.25) is 0 Å². The maximum absolute atomic E-state index is 8.98. The highest BCUT2D eigenvalue weighted by Gasteiger charge is 2.16. The summed E-state index contributed by atoms with van der Waals surface area (Å²) in [6.07, 6.45) is 1.82. The predicted octanol–water partition coefficient (Wildman–Crippen LogP) is 1.51. The molecule has 0 spiro atoms. The van der Waals surface area contributed by atoms with Crippen LogP contribution in [0, 0.1) is 5.92 Å². The predicted molar refractivity (Wildman–Crippen MR) is 80.9 cm³/mol. The molecule has 5 N–H and O–H groups in total. The monoisotopic (exact) mass is 279 g/mol. The number of amidine groups is 1. The molecule has 0 radical (unpaired) electrons. The summed E-state index contributed by atoms with van der Waals surface area (Å²) >= 11 is 0. The second-order valence-corrected chi connectivity index (χ2v) is 4.93. The molecular formula is C15H25N3O2. The molecule has 1 aromatic carbocycles. The van der Waals surface area contributed by atoms with Gasteiger partial charge in [-0.3, -0.25) is 0 Å². The highest BCUT2D eigenvalue weighted by molar-refractivity contribution is 5.87. The summed E-state index contributed by atoms with van der Waals surface area (Å²) < 4.78 is 0. The van der Waals surface area contributed by atoms with Gasteiger partial charge in [-0.15, -0.1) is 0 Å². The Morgan fingerprint density at radius 1 is 1.30 bits per heavy atom. The molecular weight excluding hydrogens is 254 g/mol. The fourth-order valence-corrected chi connectivity index (χ4v) is 2.21. The van der Waals surface area contributed by atoms with Crippen molar-refractivity contribution in [2.24, 2.45) is 16.8 Å². The maximum Gasteiger partial charge on any atom is 0.147 e. The van der Waals surface area contributed by atoms with Gasteiger partial charge in [-0.1, -0.05) is 48.8 Å². The van der Waals surface area contributed by atoms with E-state index >= 15 is 0 Å². The number of nitrogens with zero attached hydrogens (tertiary/aromatic N) is 1. The van der Waals surface area contributed by atoms with Gasteiger partial charge in [0.25, 0.3) is 0 Å². The first-order chi connectivity index (χ1) is 9.72. The molecule has 0 aliphatic heterocycles. The smallest absolute Gasteiger partial charge is 0.147 e. The highest BCUT2D eigenvalue weighted by atomic mass is 16.4. The van der Waals surface area contributed by atoms with Crippen LogP contribution in [0.5, 0.6) is 0 Å². The first-order valence-electron chi connectivity index (χ1n) is 7.06. The van der Waals surface area contributed by atoms with Crippen molar-refractivity contribution in [2.75, 3.05) is 19.7 Å². The second kappa shape index (κ2) is 9.34. The molecule has 0 fully saturated rings. The molecule has 0 aliphatic carbocycles. The van der Waals surface area contributed by atoms with Gasteiger partial charge in [0.15, 0.2) is 0 Å². The minimum Gasteiger partial charge on any atom is -0.409 e. The van der Waals surface area contributed by atoms with E-state index < -0.39 is 0 Å². The Morgan fingerprint density at radius 2 is 2.00 bits per heavy atom. The molecule has 2 unspecified atom stereocenters. The lowest BCUT2D eigenvalue weighted by Gasteiger charge is -2.19. The average molecular weight is 279 g/mol. The molecule has 0 heterocycles. The minimum atomic E-state index is -0.146. The third-order valence-corrected chi connectivity index (χ3v) is 3.57. The van der Waals surface area contributed by atoms with Crippen LogP contribution < -0.4 is 11.1 Å². The summed E-state index contributed by atoms with van der Waals surface area (Å²) in [7, 11) is 0. The number of aliphatic hydroxyl groups excluding tert-OH is 1. The molecule has 5 heteroatoms. The van der Waals surface area contributed by atoms with Gasteiger partial charge >= 0.3 is 0 Å². The third-order valence-electron chi connectivity index (χ3n) is 3.57. The van der Waals surface area contributed by atoms with Crippen molar-refractivity contribution < 1.29 is 10.3 Å². The first kappa shape index (κ1) is 16.5. The fourth-order valence-electron chi connectivity index (χ4n) is 2.21. The van der Waals surface area contributed by atoms with E-state index in [0.717, 1.165) is 24.9 Å². The number of benzene rings is 1. The molecule has 2 atom stereocenters. The maximum atomic E-state index is 8.98. The molecule has 0 aliphatic rings. The fraction of sp³-hybridized carbons (Fsp3) is 0.533. The molecule has 112 valence electrons. The van der Waals surface area contributed by atoms with Gasteiger partial charge in [-0.25, -0.2) is 0 Å². The van der Waals surface area contributed by atoms with E-state index in [9.17, 15) is 0 Å². The zero-order valence-corrected chi connectivity index (χ0v) is 12.0. The van der Waals surface area contributed by atoms with E-state index in [0.29, 0.717) is 12.5 Å². The molecule has 1 aromatic rings. The molecule has 5 nitrogen and oxygen atoms in total. The number of nitrogens with two attached hydrogens (primary N) is 1. The molecule has 0 bridgehead atoms. The lowest BCUT2D eigenvalue weighted by atomic mass is 9.97. The summed E-state index contributed by atoms with van der Waals surface area (Å²) in [6.45, 7) is 3.75. The van der Waals surface area contributed by atoms with Crippen LogP contribution in [0.1, 0.15) is 31.2 Å². The molecule has 20 heavy (non-hydrogen) atoms. The summed E-state index contributed by atoms with van der Waals surface area (Å²) in [5.41, 5.74) is 6.80. The van der Waals surface area contributed by atoms with Crippen LogP contribution in [0.25, 0.3) is 0 Å². The van der Waals surface area contributed by atoms with E-state index in [1.165, 1.54) is 0 Å². The van der Waals surface area contributed by atoms with Crippen molar-refractivity contribution in [1.82, 2.24) is 5.32 Å². The number of aliphatic hydroxyl groups is 1.